The topological polar surface area (TPSA) is 66.5 Å². The second kappa shape index (κ2) is 6.87. The summed E-state index contributed by atoms with van der Waals surface area (Å²) in [4.78, 5) is 37.6. The molecule has 0 saturated carbocycles. The Kier molecular flexibility index (Phi) is 4.91. The molecule has 0 heterocycles. The fraction of sp³-hybridized carbons (Fsp3) is 0.167. The van der Waals surface area contributed by atoms with E-state index in [1.165, 1.54) is 4.90 Å². The lowest BCUT2D eigenvalue weighted by Gasteiger charge is -2.13. The van der Waals surface area contributed by atoms with E-state index >= 15 is 0 Å². The third-order valence-corrected chi connectivity index (χ3v) is 3.23. The summed E-state index contributed by atoms with van der Waals surface area (Å²) in [5.41, 5.74) is 2.02. The van der Waals surface area contributed by atoms with Gasteiger partial charge in [0.05, 0.1) is 0 Å². The van der Waals surface area contributed by atoms with E-state index in [0.717, 1.165) is 5.56 Å². The molecule has 0 radical (unpaired) electrons. The van der Waals surface area contributed by atoms with Crippen molar-refractivity contribution >= 4 is 23.3 Å². The highest BCUT2D eigenvalue weighted by Gasteiger charge is 2.17. The number of hydrogen-bond acceptors (Lipinski definition) is 3. The van der Waals surface area contributed by atoms with Gasteiger partial charge >= 0.3 is 0 Å². The SMILES string of the molecule is Cc1cc(NC(=O)C(=O)c2ccccc2)cc(C(=O)N(C)C)c1. The molecule has 5 nitrogen and oxygen atoms in total. The first-order chi connectivity index (χ1) is 10.9. The van der Waals surface area contributed by atoms with Gasteiger partial charge in [-0.3, -0.25) is 14.4 Å². The number of carbonyl (C=O) groups is 3. The van der Waals surface area contributed by atoms with Crippen molar-refractivity contribution in [2.24, 2.45) is 0 Å². The molecule has 0 unspecified atom stereocenters. The second-order valence-corrected chi connectivity index (χ2v) is 5.44. The summed E-state index contributed by atoms with van der Waals surface area (Å²) in [5, 5.41) is 2.56. The standard InChI is InChI=1S/C18H18N2O3/c1-12-9-14(18(23)20(2)3)11-15(10-12)19-17(22)16(21)13-7-5-4-6-8-13/h4-11H,1-3H3,(H,19,22). The molecule has 23 heavy (non-hydrogen) atoms. The van der Waals surface area contributed by atoms with Crippen LogP contribution >= 0.6 is 0 Å². The van der Waals surface area contributed by atoms with Crippen LogP contribution in [0.2, 0.25) is 0 Å². The van der Waals surface area contributed by atoms with Gasteiger partial charge in [0, 0.05) is 30.9 Å². The average molecular weight is 310 g/mol. The van der Waals surface area contributed by atoms with Gasteiger partial charge in [-0.1, -0.05) is 30.3 Å². The summed E-state index contributed by atoms with van der Waals surface area (Å²) in [6, 6.07) is 13.3. The molecule has 118 valence electrons. The highest BCUT2D eigenvalue weighted by molar-refractivity contribution is 6.46. The quantitative estimate of drug-likeness (QED) is 0.697. The molecule has 0 spiro atoms. The molecule has 0 aliphatic carbocycles. The van der Waals surface area contributed by atoms with E-state index in [-0.39, 0.29) is 5.91 Å². The molecule has 2 rings (SSSR count). The number of rotatable bonds is 4. The Labute approximate surface area is 134 Å². The number of carbonyl (C=O) groups excluding carboxylic acids is 3. The van der Waals surface area contributed by atoms with Crippen LogP contribution in [0.3, 0.4) is 0 Å². The summed E-state index contributed by atoms with van der Waals surface area (Å²) < 4.78 is 0. The van der Waals surface area contributed by atoms with Crippen molar-refractivity contribution in [3.05, 3.63) is 65.2 Å². The average Bonchev–Trinajstić information content (AvgIpc) is 2.53. The maximum Gasteiger partial charge on any atom is 0.296 e. The third-order valence-electron chi connectivity index (χ3n) is 3.23. The maximum absolute atomic E-state index is 12.1. The molecule has 0 saturated heterocycles. The first kappa shape index (κ1) is 16.4. The normalized spacial score (nSPS) is 10.0. The van der Waals surface area contributed by atoms with Crippen molar-refractivity contribution in [3.63, 3.8) is 0 Å². The van der Waals surface area contributed by atoms with Gasteiger partial charge in [-0.15, -0.1) is 0 Å². The van der Waals surface area contributed by atoms with Gasteiger partial charge in [-0.05, 0) is 30.7 Å². The van der Waals surface area contributed by atoms with Crippen molar-refractivity contribution in [3.8, 4) is 0 Å². The predicted molar refractivity (Wildman–Crippen MR) is 88.6 cm³/mol. The minimum absolute atomic E-state index is 0.168. The van der Waals surface area contributed by atoms with Gasteiger partial charge in [0.25, 0.3) is 17.6 Å². The molecule has 2 amide bonds. The minimum Gasteiger partial charge on any atom is -0.345 e. The van der Waals surface area contributed by atoms with Crippen molar-refractivity contribution in [1.82, 2.24) is 4.90 Å². The Morgan fingerprint density at radius 3 is 2.17 bits per heavy atom. The zero-order valence-corrected chi connectivity index (χ0v) is 13.3. The van der Waals surface area contributed by atoms with Crippen LogP contribution in [0.1, 0.15) is 26.3 Å². The number of benzene rings is 2. The second-order valence-electron chi connectivity index (χ2n) is 5.44. The van der Waals surface area contributed by atoms with Crippen LogP contribution in [-0.4, -0.2) is 36.6 Å². The van der Waals surface area contributed by atoms with Crippen molar-refractivity contribution in [2.45, 2.75) is 6.92 Å². The monoisotopic (exact) mass is 310 g/mol. The molecule has 0 bridgehead atoms. The lowest BCUT2D eigenvalue weighted by molar-refractivity contribution is -0.112. The molecule has 0 aliphatic rings. The molecule has 2 aromatic carbocycles. The van der Waals surface area contributed by atoms with Crippen LogP contribution in [-0.2, 0) is 4.79 Å². The number of anilines is 1. The van der Waals surface area contributed by atoms with Crippen LogP contribution in [0.25, 0.3) is 0 Å². The molecule has 0 fully saturated rings. The third kappa shape index (κ3) is 4.03. The van der Waals surface area contributed by atoms with Gasteiger partial charge in [0.2, 0.25) is 0 Å². The molecular weight excluding hydrogens is 292 g/mol. The van der Waals surface area contributed by atoms with Gasteiger partial charge in [0.1, 0.15) is 0 Å². The Balaban J connectivity index is 2.21. The van der Waals surface area contributed by atoms with Crippen LogP contribution in [0.5, 0.6) is 0 Å². The first-order valence-corrected chi connectivity index (χ1v) is 7.12. The molecular formula is C18H18N2O3. The van der Waals surface area contributed by atoms with Crippen molar-refractivity contribution in [2.75, 3.05) is 19.4 Å². The van der Waals surface area contributed by atoms with Crippen LogP contribution < -0.4 is 5.32 Å². The first-order valence-electron chi connectivity index (χ1n) is 7.12. The number of Topliss-reactive ketones (excluding diaryl/α,β-unsaturated/α-hetero) is 1. The highest BCUT2D eigenvalue weighted by atomic mass is 16.2. The summed E-state index contributed by atoms with van der Waals surface area (Å²) in [7, 11) is 3.31. The smallest absolute Gasteiger partial charge is 0.296 e. The lowest BCUT2D eigenvalue weighted by Crippen LogP contribution is -2.24. The summed E-state index contributed by atoms with van der Waals surface area (Å²) in [6.45, 7) is 1.82. The van der Waals surface area contributed by atoms with E-state index in [1.807, 2.05) is 6.92 Å². The summed E-state index contributed by atoms with van der Waals surface area (Å²) in [6.07, 6.45) is 0. The number of aryl methyl sites for hydroxylation is 1. The van der Waals surface area contributed by atoms with E-state index in [2.05, 4.69) is 5.32 Å². The van der Waals surface area contributed by atoms with E-state index in [9.17, 15) is 14.4 Å². The number of nitrogens with zero attached hydrogens (tertiary/aromatic N) is 1. The largest absolute Gasteiger partial charge is 0.345 e. The van der Waals surface area contributed by atoms with Crippen molar-refractivity contribution in [1.29, 1.82) is 0 Å². The Hall–Kier alpha value is -2.95. The molecule has 2 aromatic rings. The van der Waals surface area contributed by atoms with Crippen LogP contribution in [0, 0.1) is 6.92 Å². The van der Waals surface area contributed by atoms with Gasteiger partial charge in [0.15, 0.2) is 0 Å². The number of ketones is 1. The van der Waals surface area contributed by atoms with Gasteiger partial charge in [-0.25, -0.2) is 0 Å². The Morgan fingerprint density at radius 1 is 0.913 bits per heavy atom. The van der Waals surface area contributed by atoms with Gasteiger partial charge < -0.3 is 10.2 Å². The molecule has 5 heteroatoms. The molecule has 0 aliphatic heterocycles. The highest BCUT2D eigenvalue weighted by Crippen LogP contribution is 2.16. The van der Waals surface area contributed by atoms with E-state index < -0.39 is 11.7 Å². The number of nitrogens with one attached hydrogen (secondary N) is 1. The van der Waals surface area contributed by atoms with Crippen molar-refractivity contribution < 1.29 is 14.4 Å². The van der Waals surface area contributed by atoms with E-state index in [1.54, 1.807) is 62.6 Å². The zero-order valence-electron chi connectivity index (χ0n) is 13.3. The zero-order chi connectivity index (χ0) is 17.0. The fourth-order valence-electron chi connectivity index (χ4n) is 2.15. The number of hydrogen-bond donors (Lipinski definition) is 1. The van der Waals surface area contributed by atoms with E-state index in [0.29, 0.717) is 16.8 Å². The maximum atomic E-state index is 12.1. The Bertz CT molecular complexity index is 752. The molecule has 0 aromatic heterocycles. The molecule has 0 atom stereocenters. The summed E-state index contributed by atoms with van der Waals surface area (Å²) in [5.74, 6) is -1.52. The lowest BCUT2D eigenvalue weighted by atomic mass is 10.1. The predicted octanol–water partition coefficient (Wildman–Crippen LogP) is 2.52. The summed E-state index contributed by atoms with van der Waals surface area (Å²) >= 11 is 0. The minimum atomic E-state index is -0.731. The fourth-order valence-corrected chi connectivity index (χ4v) is 2.15. The van der Waals surface area contributed by atoms with Crippen LogP contribution in [0.4, 0.5) is 5.69 Å². The van der Waals surface area contributed by atoms with E-state index in [4.69, 9.17) is 0 Å². The molecule has 1 N–H and O–H groups in total. The Morgan fingerprint density at radius 2 is 1.57 bits per heavy atom. The number of amides is 2. The van der Waals surface area contributed by atoms with Gasteiger partial charge in [-0.2, -0.15) is 0 Å². The van der Waals surface area contributed by atoms with Crippen LogP contribution in [0.15, 0.2) is 48.5 Å².